The van der Waals surface area contributed by atoms with Crippen molar-refractivity contribution in [3.63, 3.8) is 0 Å². The Hall–Kier alpha value is -3.31. The summed E-state index contributed by atoms with van der Waals surface area (Å²) in [6.45, 7) is 6.69. The van der Waals surface area contributed by atoms with E-state index >= 15 is 0 Å². The molecule has 3 aromatic heterocycles. The van der Waals surface area contributed by atoms with Gasteiger partial charge in [-0.3, -0.25) is 4.79 Å². The number of hydrogen-bond acceptors (Lipinski definition) is 6. The standard InChI is InChI=1S/C24H28N6O4S/c1-24(2,3)34-23(32)30-19-9-7-6-8-16(19)18(26-30)13-29-22(31)21-17(12-25-29)15-10-11-28(35(5)33)14-20(15)27(21)4/h6-9,12H,10-11,13-14H2,1-5H3. The Morgan fingerprint density at radius 2 is 1.94 bits per heavy atom. The molecule has 0 bridgehead atoms. The third-order valence-corrected chi connectivity index (χ3v) is 7.30. The first-order chi connectivity index (χ1) is 16.5. The van der Waals surface area contributed by atoms with Crippen molar-refractivity contribution in [2.45, 2.75) is 45.9 Å². The highest BCUT2D eigenvalue weighted by molar-refractivity contribution is 7.81. The zero-order chi connectivity index (χ0) is 25.1. The fourth-order valence-electron chi connectivity index (χ4n) is 4.65. The van der Waals surface area contributed by atoms with E-state index in [0.717, 1.165) is 22.0 Å². The molecule has 35 heavy (non-hydrogen) atoms. The van der Waals surface area contributed by atoms with Crippen LogP contribution in [0.25, 0.3) is 21.8 Å². The summed E-state index contributed by atoms with van der Waals surface area (Å²) in [4.78, 5) is 26.3. The average molecular weight is 497 g/mol. The molecule has 4 heterocycles. The molecule has 5 rings (SSSR count). The highest BCUT2D eigenvalue weighted by Gasteiger charge is 2.27. The van der Waals surface area contributed by atoms with Gasteiger partial charge in [0.2, 0.25) is 0 Å². The summed E-state index contributed by atoms with van der Waals surface area (Å²) in [6, 6.07) is 7.35. The minimum Gasteiger partial charge on any atom is -0.442 e. The summed E-state index contributed by atoms with van der Waals surface area (Å²) < 4.78 is 23.9. The Kier molecular flexibility index (Phi) is 5.64. The molecule has 0 saturated carbocycles. The van der Waals surface area contributed by atoms with Crippen LogP contribution in [-0.4, -0.2) is 57.1 Å². The third-order valence-electron chi connectivity index (χ3n) is 6.26. The quantitative estimate of drug-likeness (QED) is 0.432. The van der Waals surface area contributed by atoms with E-state index in [0.29, 0.717) is 36.2 Å². The molecule has 0 amide bonds. The Balaban J connectivity index is 1.57. The van der Waals surface area contributed by atoms with E-state index < -0.39 is 22.7 Å². The second kappa shape index (κ2) is 8.42. The number of aromatic nitrogens is 5. The van der Waals surface area contributed by atoms with Gasteiger partial charge < -0.3 is 9.30 Å². The SMILES string of the molecule is Cn1c2c(c3cnn(Cc4nn(C(=O)OC(C)(C)C)c5ccccc45)c(=O)c31)CCN(S(C)=O)C2. The lowest BCUT2D eigenvalue weighted by Crippen LogP contribution is -2.32. The van der Waals surface area contributed by atoms with Gasteiger partial charge in [0, 0.05) is 36.3 Å². The number of fused-ring (bicyclic) bond motifs is 4. The molecule has 10 nitrogen and oxygen atoms in total. The normalized spacial score (nSPS) is 15.5. The number of hydrogen-bond donors (Lipinski definition) is 0. The van der Waals surface area contributed by atoms with Crippen molar-refractivity contribution in [2.24, 2.45) is 7.05 Å². The molecule has 4 aromatic rings. The molecule has 0 saturated heterocycles. The van der Waals surface area contributed by atoms with Gasteiger partial charge in [0.25, 0.3) is 5.56 Å². The fourth-order valence-corrected chi connectivity index (χ4v) is 5.30. The Labute approximate surface area is 204 Å². The lowest BCUT2D eigenvalue weighted by atomic mass is 10.1. The molecule has 1 aromatic carbocycles. The molecule has 1 aliphatic heterocycles. The Bertz CT molecular complexity index is 1560. The smallest absolute Gasteiger partial charge is 0.435 e. The highest BCUT2D eigenvalue weighted by Crippen LogP contribution is 2.28. The highest BCUT2D eigenvalue weighted by atomic mass is 32.2. The van der Waals surface area contributed by atoms with Gasteiger partial charge in [-0.05, 0) is 38.8 Å². The number of carbonyl (C=O) groups excluding carboxylic acids is 1. The van der Waals surface area contributed by atoms with Crippen LogP contribution < -0.4 is 5.56 Å². The molecule has 0 aliphatic carbocycles. The summed E-state index contributed by atoms with van der Waals surface area (Å²) in [7, 11) is 0.788. The van der Waals surface area contributed by atoms with E-state index in [4.69, 9.17) is 4.74 Å². The van der Waals surface area contributed by atoms with Gasteiger partial charge in [-0.15, -0.1) is 0 Å². The number of aryl methyl sites for hydroxylation is 1. The summed E-state index contributed by atoms with van der Waals surface area (Å²) in [5, 5.41) is 10.5. The minimum atomic E-state index is -1.07. The fraction of sp³-hybridized carbons (Fsp3) is 0.417. The molecule has 11 heteroatoms. The van der Waals surface area contributed by atoms with Gasteiger partial charge in [-0.1, -0.05) is 18.2 Å². The lowest BCUT2D eigenvalue weighted by molar-refractivity contribution is 0.0522. The molecule has 184 valence electrons. The molecule has 0 N–H and O–H groups in total. The molecule has 1 atom stereocenters. The first-order valence-corrected chi connectivity index (χ1v) is 12.9. The molecular formula is C24H28N6O4S. The van der Waals surface area contributed by atoms with Crippen molar-refractivity contribution >= 4 is 38.9 Å². The van der Waals surface area contributed by atoms with Crippen molar-refractivity contribution in [3.05, 3.63) is 57.8 Å². The van der Waals surface area contributed by atoms with Gasteiger partial charge in [-0.2, -0.15) is 14.9 Å². The lowest BCUT2D eigenvalue weighted by Gasteiger charge is -2.25. The molecular weight excluding hydrogens is 468 g/mol. The monoisotopic (exact) mass is 496 g/mol. The summed E-state index contributed by atoms with van der Waals surface area (Å²) >= 11 is 0. The van der Waals surface area contributed by atoms with E-state index in [9.17, 15) is 13.8 Å². The topological polar surface area (TPSA) is 104 Å². The van der Waals surface area contributed by atoms with E-state index in [1.165, 1.54) is 9.36 Å². The molecule has 0 spiro atoms. The number of rotatable bonds is 3. The number of ether oxygens (including phenoxy) is 1. The van der Waals surface area contributed by atoms with Crippen LogP contribution in [0.5, 0.6) is 0 Å². The average Bonchev–Trinajstić information content (AvgIpc) is 3.30. The second-order valence-corrected chi connectivity index (χ2v) is 11.1. The third kappa shape index (κ3) is 4.08. The molecule has 0 fully saturated rings. The van der Waals surface area contributed by atoms with Crippen LogP contribution in [0.2, 0.25) is 0 Å². The number of nitrogens with zero attached hydrogens (tertiary/aromatic N) is 6. The van der Waals surface area contributed by atoms with Crippen LogP contribution in [0.3, 0.4) is 0 Å². The number of para-hydroxylation sites is 1. The van der Waals surface area contributed by atoms with Crippen LogP contribution in [0.4, 0.5) is 4.79 Å². The molecule has 0 radical (unpaired) electrons. The summed E-state index contributed by atoms with van der Waals surface area (Å²) in [5.41, 5.74) is 2.88. The zero-order valence-corrected chi connectivity index (χ0v) is 21.3. The molecule has 1 unspecified atom stereocenters. The van der Waals surface area contributed by atoms with Crippen molar-refractivity contribution in [2.75, 3.05) is 12.8 Å². The minimum absolute atomic E-state index is 0.103. The van der Waals surface area contributed by atoms with Gasteiger partial charge in [0.1, 0.15) is 11.1 Å². The van der Waals surface area contributed by atoms with Crippen LogP contribution in [-0.2, 0) is 42.3 Å². The summed E-state index contributed by atoms with van der Waals surface area (Å²) in [5.74, 6) is 0. The van der Waals surface area contributed by atoms with Crippen LogP contribution in [0.15, 0.2) is 35.3 Å². The van der Waals surface area contributed by atoms with Gasteiger partial charge in [-0.25, -0.2) is 18.0 Å². The summed E-state index contributed by atoms with van der Waals surface area (Å²) in [6.07, 6.45) is 3.52. The van der Waals surface area contributed by atoms with Gasteiger partial charge >= 0.3 is 6.09 Å². The van der Waals surface area contributed by atoms with E-state index in [1.54, 1.807) is 39.3 Å². The number of benzene rings is 1. The van der Waals surface area contributed by atoms with Crippen LogP contribution in [0.1, 0.15) is 37.7 Å². The van der Waals surface area contributed by atoms with Crippen molar-refractivity contribution in [1.82, 2.24) is 28.4 Å². The van der Waals surface area contributed by atoms with E-state index in [-0.39, 0.29) is 12.1 Å². The predicted molar refractivity (Wildman–Crippen MR) is 134 cm³/mol. The maximum absolute atomic E-state index is 13.5. The Morgan fingerprint density at radius 1 is 1.20 bits per heavy atom. The Morgan fingerprint density at radius 3 is 2.66 bits per heavy atom. The molecule has 1 aliphatic rings. The maximum atomic E-state index is 13.5. The second-order valence-electron chi connectivity index (χ2n) is 9.75. The van der Waals surface area contributed by atoms with Crippen molar-refractivity contribution < 1.29 is 13.7 Å². The van der Waals surface area contributed by atoms with E-state index in [2.05, 4.69) is 10.2 Å². The van der Waals surface area contributed by atoms with Gasteiger partial charge in [0.05, 0.1) is 41.5 Å². The first-order valence-electron chi connectivity index (χ1n) is 11.4. The van der Waals surface area contributed by atoms with Crippen LogP contribution >= 0.6 is 0 Å². The maximum Gasteiger partial charge on any atom is 0.435 e. The van der Waals surface area contributed by atoms with Crippen LogP contribution in [0, 0.1) is 0 Å². The van der Waals surface area contributed by atoms with E-state index in [1.807, 2.05) is 34.1 Å². The van der Waals surface area contributed by atoms with Crippen molar-refractivity contribution in [1.29, 1.82) is 0 Å². The van der Waals surface area contributed by atoms with Gasteiger partial charge in [0.15, 0.2) is 0 Å². The first kappa shape index (κ1) is 23.4. The van der Waals surface area contributed by atoms with Crippen molar-refractivity contribution in [3.8, 4) is 0 Å². The number of carbonyl (C=O) groups is 1. The zero-order valence-electron chi connectivity index (χ0n) is 20.4. The predicted octanol–water partition coefficient (Wildman–Crippen LogP) is 2.57. The largest absolute Gasteiger partial charge is 0.442 e.